The Morgan fingerprint density at radius 3 is 2.70 bits per heavy atom. The Bertz CT molecular complexity index is 563. The summed E-state index contributed by atoms with van der Waals surface area (Å²) in [5, 5.41) is 10.1. The van der Waals surface area contributed by atoms with Gasteiger partial charge in [0, 0.05) is 29.9 Å². The lowest BCUT2D eigenvalue weighted by Gasteiger charge is -2.05. The zero-order valence-electron chi connectivity index (χ0n) is 11.9. The fourth-order valence-electron chi connectivity index (χ4n) is 2.10. The van der Waals surface area contributed by atoms with E-state index in [1.807, 2.05) is 12.1 Å². The zero-order chi connectivity index (χ0) is 14.4. The molecule has 2 heterocycles. The number of hydrogen-bond acceptors (Lipinski definition) is 3. The van der Waals surface area contributed by atoms with Crippen LogP contribution in [0.25, 0.3) is 11.3 Å². The van der Waals surface area contributed by atoms with Crippen molar-refractivity contribution in [2.75, 3.05) is 5.32 Å². The highest BCUT2D eigenvalue weighted by atomic mass is 16.1. The monoisotopic (exact) mass is 272 g/mol. The van der Waals surface area contributed by atoms with E-state index < -0.39 is 0 Å². The fourth-order valence-corrected chi connectivity index (χ4v) is 2.10. The van der Waals surface area contributed by atoms with Gasteiger partial charge in [0.1, 0.15) is 0 Å². The number of H-pyrrole nitrogens is 1. The van der Waals surface area contributed by atoms with Crippen LogP contribution in [-0.4, -0.2) is 21.1 Å². The second-order valence-electron chi connectivity index (χ2n) is 4.67. The lowest BCUT2D eigenvalue weighted by Crippen LogP contribution is -2.12. The number of aromatic amines is 1. The molecule has 0 aliphatic heterocycles. The molecule has 0 bridgehead atoms. The number of anilines is 1. The summed E-state index contributed by atoms with van der Waals surface area (Å²) in [6.45, 7) is 4.12. The first-order valence-electron chi connectivity index (χ1n) is 7.03. The van der Waals surface area contributed by atoms with Crippen LogP contribution in [0.15, 0.2) is 24.5 Å². The molecule has 2 aromatic rings. The van der Waals surface area contributed by atoms with E-state index in [0.29, 0.717) is 12.2 Å². The van der Waals surface area contributed by atoms with Gasteiger partial charge in [-0.05, 0) is 25.0 Å². The predicted octanol–water partition coefficient (Wildman–Crippen LogP) is 3.16. The maximum Gasteiger partial charge on any atom is 0.225 e. The van der Waals surface area contributed by atoms with Gasteiger partial charge in [-0.3, -0.25) is 14.9 Å². The summed E-state index contributed by atoms with van der Waals surface area (Å²) in [4.78, 5) is 15.8. The van der Waals surface area contributed by atoms with Crippen LogP contribution in [0.1, 0.15) is 38.7 Å². The van der Waals surface area contributed by atoms with E-state index in [1.165, 1.54) is 0 Å². The van der Waals surface area contributed by atoms with E-state index in [-0.39, 0.29) is 5.91 Å². The summed E-state index contributed by atoms with van der Waals surface area (Å²) in [6, 6.07) is 3.85. The Hall–Kier alpha value is -2.17. The predicted molar refractivity (Wildman–Crippen MR) is 79.4 cm³/mol. The number of rotatable bonds is 6. The van der Waals surface area contributed by atoms with Crippen molar-refractivity contribution in [3.63, 3.8) is 0 Å². The molecule has 5 heteroatoms. The number of hydrogen-bond donors (Lipinski definition) is 2. The van der Waals surface area contributed by atoms with E-state index in [9.17, 15) is 4.79 Å². The average molecular weight is 272 g/mol. The second kappa shape index (κ2) is 6.84. The Morgan fingerprint density at radius 1 is 1.30 bits per heavy atom. The van der Waals surface area contributed by atoms with Crippen molar-refractivity contribution >= 4 is 11.7 Å². The van der Waals surface area contributed by atoms with Crippen LogP contribution in [0.5, 0.6) is 0 Å². The van der Waals surface area contributed by atoms with Crippen LogP contribution in [0.3, 0.4) is 0 Å². The summed E-state index contributed by atoms with van der Waals surface area (Å²) in [5.41, 5.74) is 3.00. The molecule has 0 aliphatic rings. The van der Waals surface area contributed by atoms with Crippen molar-refractivity contribution in [1.82, 2.24) is 15.2 Å². The van der Waals surface area contributed by atoms with E-state index in [4.69, 9.17) is 0 Å². The third-order valence-corrected chi connectivity index (χ3v) is 3.20. The van der Waals surface area contributed by atoms with Crippen LogP contribution in [0.4, 0.5) is 5.82 Å². The van der Waals surface area contributed by atoms with Gasteiger partial charge in [0.2, 0.25) is 5.91 Å². The van der Waals surface area contributed by atoms with Crippen molar-refractivity contribution in [2.45, 2.75) is 39.5 Å². The number of nitrogens with one attached hydrogen (secondary N) is 2. The van der Waals surface area contributed by atoms with Gasteiger partial charge in [0.25, 0.3) is 0 Å². The molecule has 2 aromatic heterocycles. The first kappa shape index (κ1) is 14.2. The molecule has 5 nitrogen and oxygen atoms in total. The number of pyridine rings is 1. The number of carbonyl (C=O) groups excluding carboxylic acids is 1. The summed E-state index contributed by atoms with van der Waals surface area (Å²) in [7, 11) is 0. The standard InChI is InChI=1S/C15H20N4O/c1-3-5-6-13(20)17-15-12(4-2)14(18-19-15)11-7-9-16-10-8-11/h7-10H,3-6H2,1-2H3,(H2,17,18,19,20). The molecule has 1 amide bonds. The fraction of sp³-hybridized carbons (Fsp3) is 0.400. The van der Waals surface area contributed by atoms with Crippen LogP contribution in [0.2, 0.25) is 0 Å². The Morgan fingerprint density at radius 2 is 2.05 bits per heavy atom. The van der Waals surface area contributed by atoms with Gasteiger partial charge in [-0.2, -0.15) is 5.10 Å². The average Bonchev–Trinajstić information content (AvgIpc) is 2.88. The quantitative estimate of drug-likeness (QED) is 0.848. The zero-order valence-corrected chi connectivity index (χ0v) is 11.9. The molecule has 0 radical (unpaired) electrons. The summed E-state index contributed by atoms with van der Waals surface area (Å²) in [5.74, 6) is 0.662. The van der Waals surface area contributed by atoms with Gasteiger partial charge in [-0.25, -0.2) is 0 Å². The van der Waals surface area contributed by atoms with Crippen molar-refractivity contribution in [3.8, 4) is 11.3 Å². The van der Waals surface area contributed by atoms with Gasteiger partial charge >= 0.3 is 0 Å². The molecule has 0 saturated heterocycles. The molecule has 0 unspecified atom stereocenters. The van der Waals surface area contributed by atoms with Gasteiger partial charge in [0.15, 0.2) is 5.82 Å². The van der Waals surface area contributed by atoms with Gasteiger partial charge in [0.05, 0.1) is 5.69 Å². The van der Waals surface area contributed by atoms with Gasteiger partial charge in [-0.15, -0.1) is 0 Å². The normalized spacial score (nSPS) is 10.5. The minimum atomic E-state index is 0.0225. The molecular formula is C15H20N4O. The Balaban J connectivity index is 2.20. The van der Waals surface area contributed by atoms with Crippen molar-refractivity contribution < 1.29 is 4.79 Å². The lowest BCUT2D eigenvalue weighted by molar-refractivity contribution is -0.116. The van der Waals surface area contributed by atoms with Crippen LogP contribution in [0, 0.1) is 0 Å². The van der Waals surface area contributed by atoms with E-state index >= 15 is 0 Å². The topological polar surface area (TPSA) is 70.7 Å². The van der Waals surface area contributed by atoms with Gasteiger partial charge in [-0.1, -0.05) is 20.3 Å². The lowest BCUT2D eigenvalue weighted by atomic mass is 10.1. The molecule has 0 aromatic carbocycles. The Kier molecular flexibility index (Phi) is 4.87. The molecular weight excluding hydrogens is 252 g/mol. The molecule has 2 rings (SSSR count). The van der Waals surface area contributed by atoms with Crippen LogP contribution < -0.4 is 5.32 Å². The minimum Gasteiger partial charge on any atom is -0.309 e. The summed E-state index contributed by atoms with van der Waals surface area (Å²) >= 11 is 0. The van der Waals surface area contributed by atoms with E-state index in [2.05, 4.69) is 34.3 Å². The first-order valence-corrected chi connectivity index (χ1v) is 7.03. The maximum atomic E-state index is 11.8. The molecule has 0 aliphatic carbocycles. The van der Waals surface area contributed by atoms with Crippen LogP contribution >= 0.6 is 0 Å². The minimum absolute atomic E-state index is 0.0225. The molecule has 0 saturated carbocycles. The van der Waals surface area contributed by atoms with Crippen molar-refractivity contribution in [1.29, 1.82) is 0 Å². The summed E-state index contributed by atoms with van der Waals surface area (Å²) < 4.78 is 0. The third-order valence-electron chi connectivity index (χ3n) is 3.20. The maximum absolute atomic E-state index is 11.8. The van der Waals surface area contributed by atoms with E-state index in [0.717, 1.165) is 36.1 Å². The third kappa shape index (κ3) is 3.23. The van der Waals surface area contributed by atoms with Gasteiger partial charge < -0.3 is 5.32 Å². The molecule has 2 N–H and O–H groups in total. The second-order valence-corrected chi connectivity index (χ2v) is 4.67. The highest BCUT2D eigenvalue weighted by Gasteiger charge is 2.14. The van der Waals surface area contributed by atoms with Crippen molar-refractivity contribution in [3.05, 3.63) is 30.1 Å². The highest BCUT2D eigenvalue weighted by Crippen LogP contribution is 2.26. The SMILES string of the molecule is CCCCC(=O)Nc1n[nH]c(-c2ccncc2)c1CC. The smallest absolute Gasteiger partial charge is 0.225 e. The van der Waals surface area contributed by atoms with Crippen LogP contribution in [-0.2, 0) is 11.2 Å². The molecule has 0 spiro atoms. The number of unbranched alkanes of at least 4 members (excludes halogenated alkanes) is 1. The number of carbonyl (C=O) groups is 1. The largest absolute Gasteiger partial charge is 0.309 e. The number of aromatic nitrogens is 3. The molecule has 20 heavy (non-hydrogen) atoms. The number of nitrogens with zero attached hydrogens (tertiary/aromatic N) is 2. The molecule has 0 atom stereocenters. The Labute approximate surface area is 118 Å². The van der Waals surface area contributed by atoms with E-state index in [1.54, 1.807) is 12.4 Å². The number of amides is 1. The first-order chi connectivity index (χ1) is 9.76. The molecule has 0 fully saturated rings. The summed E-state index contributed by atoms with van der Waals surface area (Å²) in [6.07, 6.45) is 6.74. The van der Waals surface area contributed by atoms with Crippen molar-refractivity contribution in [2.24, 2.45) is 0 Å². The molecule has 106 valence electrons. The highest BCUT2D eigenvalue weighted by molar-refractivity contribution is 5.91.